The summed E-state index contributed by atoms with van der Waals surface area (Å²) in [5, 5.41) is 12.8. The highest BCUT2D eigenvalue weighted by atomic mass is 19.1. The molecule has 0 bridgehead atoms. The Labute approximate surface area is 171 Å². The summed E-state index contributed by atoms with van der Waals surface area (Å²) < 4.78 is 16.8. The van der Waals surface area contributed by atoms with Crippen LogP contribution in [0.25, 0.3) is 11.0 Å². The molecule has 7 nitrogen and oxygen atoms in total. The first-order chi connectivity index (χ1) is 14.5. The molecule has 1 aliphatic heterocycles. The van der Waals surface area contributed by atoms with Gasteiger partial charge < -0.3 is 19.9 Å². The number of rotatable bonds is 4. The molecule has 2 aromatic heterocycles. The van der Waals surface area contributed by atoms with Crippen molar-refractivity contribution in [2.75, 3.05) is 24.5 Å². The number of nitrogens with zero attached hydrogens (tertiary/aromatic N) is 3. The van der Waals surface area contributed by atoms with Crippen molar-refractivity contribution in [1.82, 2.24) is 14.9 Å². The van der Waals surface area contributed by atoms with Crippen molar-refractivity contribution in [2.24, 2.45) is 0 Å². The number of nitrogens with one attached hydrogen (secondary N) is 1. The number of piperazine rings is 1. The number of halogens is 1. The highest BCUT2D eigenvalue weighted by molar-refractivity contribution is 5.92. The molecule has 3 heterocycles. The topological polar surface area (TPSA) is 87.5 Å². The fourth-order valence-electron chi connectivity index (χ4n) is 4.09. The SMILES string of the molecule is O=C(O)c1cn(C2CC2)c2nc(N3CCNC(c4ccccc4)C3)c(F)cc2c1=O. The average Bonchev–Trinajstić information content (AvgIpc) is 3.60. The number of benzene rings is 1. The second kappa shape index (κ2) is 7.21. The van der Waals surface area contributed by atoms with Crippen LogP contribution in [0.5, 0.6) is 0 Å². The third-order valence-corrected chi connectivity index (χ3v) is 5.79. The van der Waals surface area contributed by atoms with Gasteiger partial charge >= 0.3 is 5.97 Å². The van der Waals surface area contributed by atoms with Crippen molar-refractivity contribution in [2.45, 2.75) is 24.9 Å². The molecule has 1 aliphatic carbocycles. The second-order valence-electron chi connectivity index (χ2n) is 7.84. The molecule has 2 N–H and O–H groups in total. The van der Waals surface area contributed by atoms with E-state index >= 15 is 4.39 Å². The fraction of sp³-hybridized carbons (Fsp3) is 0.318. The lowest BCUT2D eigenvalue weighted by Gasteiger charge is -2.35. The van der Waals surface area contributed by atoms with Crippen LogP contribution in [0, 0.1) is 5.82 Å². The predicted octanol–water partition coefficient (Wildman–Crippen LogP) is 2.72. The highest BCUT2D eigenvalue weighted by Crippen LogP contribution is 2.37. The van der Waals surface area contributed by atoms with Gasteiger partial charge in [0, 0.05) is 37.9 Å². The van der Waals surface area contributed by atoms with Crippen molar-refractivity contribution < 1.29 is 14.3 Å². The summed E-state index contributed by atoms with van der Waals surface area (Å²) in [4.78, 5) is 30.5. The Kier molecular flexibility index (Phi) is 4.51. The van der Waals surface area contributed by atoms with E-state index in [1.807, 2.05) is 35.2 Å². The van der Waals surface area contributed by atoms with Crippen LogP contribution in [0.4, 0.5) is 10.2 Å². The van der Waals surface area contributed by atoms with Gasteiger partial charge in [0.15, 0.2) is 11.6 Å². The molecule has 30 heavy (non-hydrogen) atoms. The van der Waals surface area contributed by atoms with Crippen LogP contribution >= 0.6 is 0 Å². The van der Waals surface area contributed by atoms with E-state index in [4.69, 9.17) is 0 Å². The Morgan fingerprint density at radius 2 is 2.00 bits per heavy atom. The van der Waals surface area contributed by atoms with E-state index in [0.717, 1.165) is 24.5 Å². The minimum absolute atomic E-state index is 0.0118. The largest absolute Gasteiger partial charge is 0.477 e. The monoisotopic (exact) mass is 408 g/mol. The molecule has 2 aliphatic rings. The van der Waals surface area contributed by atoms with Crippen LogP contribution in [0.3, 0.4) is 0 Å². The number of pyridine rings is 2. The summed E-state index contributed by atoms with van der Waals surface area (Å²) in [6.45, 7) is 1.80. The van der Waals surface area contributed by atoms with Crippen LogP contribution in [0.15, 0.2) is 47.4 Å². The van der Waals surface area contributed by atoms with Gasteiger partial charge in [-0.05, 0) is 24.5 Å². The van der Waals surface area contributed by atoms with Gasteiger partial charge in [-0.2, -0.15) is 0 Å². The summed E-state index contributed by atoms with van der Waals surface area (Å²) in [6.07, 6.45) is 3.12. The van der Waals surface area contributed by atoms with Gasteiger partial charge in [-0.15, -0.1) is 0 Å². The van der Waals surface area contributed by atoms with E-state index < -0.39 is 17.2 Å². The lowest BCUT2D eigenvalue weighted by atomic mass is 10.0. The second-order valence-corrected chi connectivity index (χ2v) is 7.84. The summed E-state index contributed by atoms with van der Waals surface area (Å²) in [6, 6.07) is 11.2. The van der Waals surface area contributed by atoms with Crippen LogP contribution in [-0.2, 0) is 0 Å². The van der Waals surface area contributed by atoms with Gasteiger partial charge in [-0.3, -0.25) is 4.79 Å². The Morgan fingerprint density at radius 1 is 1.23 bits per heavy atom. The first kappa shape index (κ1) is 18.7. The minimum Gasteiger partial charge on any atom is -0.477 e. The molecule has 0 spiro atoms. The van der Waals surface area contributed by atoms with E-state index in [-0.39, 0.29) is 28.9 Å². The molecule has 3 aromatic rings. The van der Waals surface area contributed by atoms with Crippen molar-refractivity contribution in [3.8, 4) is 0 Å². The molecule has 8 heteroatoms. The molecule has 0 radical (unpaired) electrons. The van der Waals surface area contributed by atoms with Crippen molar-refractivity contribution in [1.29, 1.82) is 0 Å². The Hall–Kier alpha value is -3.26. The van der Waals surface area contributed by atoms with E-state index in [1.54, 1.807) is 4.57 Å². The molecule has 0 amide bonds. The molecule has 2 fully saturated rings. The number of hydrogen-bond acceptors (Lipinski definition) is 5. The summed E-state index contributed by atoms with van der Waals surface area (Å²) >= 11 is 0. The number of carboxylic acid groups (broad SMARTS) is 1. The summed E-state index contributed by atoms with van der Waals surface area (Å²) in [7, 11) is 0. The van der Waals surface area contributed by atoms with E-state index in [0.29, 0.717) is 25.3 Å². The molecule has 1 unspecified atom stereocenters. The Balaban J connectivity index is 1.59. The van der Waals surface area contributed by atoms with Crippen molar-refractivity contribution in [3.63, 3.8) is 0 Å². The van der Waals surface area contributed by atoms with Crippen molar-refractivity contribution in [3.05, 3.63) is 69.8 Å². The third-order valence-electron chi connectivity index (χ3n) is 5.79. The standard InChI is InChI=1S/C22H21FN4O3/c23-17-10-15-19(28)16(22(29)30)11-27(14-6-7-14)20(15)25-21(17)26-9-8-24-18(12-26)13-4-2-1-3-5-13/h1-5,10-11,14,18,24H,6-9,12H2,(H,29,30). The van der Waals surface area contributed by atoms with E-state index in [1.165, 1.54) is 6.20 Å². The zero-order valence-electron chi connectivity index (χ0n) is 16.2. The number of carbonyl (C=O) groups is 1. The number of anilines is 1. The lowest BCUT2D eigenvalue weighted by Crippen LogP contribution is -2.46. The quantitative estimate of drug-likeness (QED) is 0.690. The van der Waals surface area contributed by atoms with Gasteiger partial charge in [0.25, 0.3) is 0 Å². The smallest absolute Gasteiger partial charge is 0.341 e. The van der Waals surface area contributed by atoms with Gasteiger partial charge in [0.1, 0.15) is 11.2 Å². The lowest BCUT2D eigenvalue weighted by molar-refractivity contribution is 0.0695. The minimum atomic E-state index is -1.31. The van der Waals surface area contributed by atoms with Crippen LogP contribution < -0.4 is 15.6 Å². The first-order valence-electron chi connectivity index (χ1n) is 10.0. The number of carboxylic acids is 1. The van der Waals surface area contributed by atoms with Gasteiger partial charge in [0.05, 0.1) is 5.39 Å². The maximum Gasteiger partial charge on any atom is 0.341 e. The normalized spacial score (nSPS) is 19.2. The number of aromatic nitrogens is 2. The van der Waals surface area contributed by atoms with E-state index in [2.05, 4.69) is 10.3 Å². The maximum atomic E-state index is 15.1. The Bertz CT molecular complexity index is 1190. The van der Waals surface area contributed by atoms with Gasteiger partial charge in [-0.1, -0.05) is 30.3 Å². The van der Waals surface area contributed by atoms with Crippen molar-refractivity contribution >= 4 is 22.8 Å². The predicted molar refractivity (Wildman–Crippen MR) is 111 cm³/mol. The molecule has 5 rings (SSSR count). The Morgan fingerprint density at radius 3 is 2.70 bits per heavy atom. The highest BCUT2D eigenvalue weighted by Gasteiger charge is 2.30. The average molecular weight is 408 g/mol. The molecule has 1 saturated heterocycles. The molecule has 1 aromatic carbocycles. The fourth-order valence-corrected chi connectivity index (χ4v) is 4.09. The number of hydrogen-bond donors (Lipinski definition) is 2. The maximum absolute atomic E-state index is 15.1. The zero-order valence-corrected chi connectivity index (χ0v) is 16.2. The number of fused-ring (bicyclic) bond motifs is 1. The zero-order chi connectivity index (χ0) is 20.8. The van der Waals surface area contributed by atoms with E-state index in [9.17, 15) is 14.7 Å². The molecular formula is C22H21FN4O3. The molecule has 1 atom stereocenters. The molecule has 1 saturated carbocycles. The van der Waals surface area contributed by atoms with Gasteiger partial charge in [-0.25, -0.2) is 14.2 Å². The summed E-state index contributed by atoms with van der Waals surface area (Å²) in [5.74, 6) is -1.73. The molecule has 154 valence electrons. The molecular weight excluding hydrogens is 387 g/mol. The third kappa shape index (κ3) is 3.23. The number of aromatic carboxylic acids is 1. The van der Waals surface area contributed by atoms with Crippen LogP contribution in [-0.4, -0.2) is 40.3 Å². The van der Waals surface area contributed by atoms with Crippen LogP contribution in [0.1, 0.15) is 40.8 Å². The van der Waals surface area contributed by atoms with Crippen LogP contribution in [0.2, 0.25) is 0 Å². The first-order valence-corrected chi connectivity index (χ1v) is 10.0. The summed E-state index contributed by atoms with van der Waals surface area (Å²) in [5.41, 5.74) is 0.410. The van der Waals surface area contributed by atoms with Gasteiger partial charge in [0.2, 0.25) is 5.43 Å².